The molecule has 1 rings (SSSR count). The highest BCUT2D eigenvalue weighted by molar-refractivity contribution is 6.30. The Hall–Kier alpha value is -1.09. The predicted molar refractivity (Wildman–Crippen MR) is 73.8 cm³/mol. The van der Waals surface area contributed by atoms with E-state index in [2.05, 4.69) is 42.6 Å². The molecule has 1 N–H and O–H groups in total. The Kier molecular flexibility index (Phi) is 4.15. The lowest BCUT2D eigenvalue weighted by molar-refractivity contribution is 0.545. The summed E-state index contributed by atoms with van der Waals surface area (Å²) in [5.41, 5.74) is 0.749. The molecule has 0 spiro atoms. The molecular weight excluding hydrogens is 234 g/mol. The van der Waals surface area contributed by atoms with Crippen molar-refractivity contribution in [2.45, 2.75) is 46.1 Å². The Morgan fingerprint density at radius 1 is 1.35 bits per heavy atom. The molecule has 3 nitrogen and oxygen atoms in total. The van der Waals surface area contributed by atoms with Gasteiger partial charge in [-0.05, 0) is 13.8 Å². The fraction of sp³-hybridized carbons (Fsp3) is 0.538. The Bertz CT molecular complexity index is 421. The summed E-state index contributed by atoms with van der Waals surface area (Å²) in [5.74, 6) is 1.52. The van der Waals surface area contributed by atoms with Gasteiger partial charge in [0.2, 0.25) is 0 Å². The van der Waals surface area contributed by atoms with Crippen LogP contribution in [-0.2, 0) is 5.41 Å². The van der Waals surface area contributed by atoms with Crippen LogP contribution in [0.4, 0.5) is 5.82 Å². The molecule has 1 aromatic rings. The van der Waals surface area contributed by atoms with Gasteiger partial charge in [0.1, 0.15) is 16.8 Å². The number of nitrogens with one attached hydrogen (secondary N) is 1. The van der Waals surface area contributed by atoms with Crippen LogP contribution >= 0.6 is 11.6 Å². The summed E-state index contributed by atoms with van der Waals surface area (Å²) in [5, 5.41) is 3.76. The van der Waals surface area contributed by atoms with Gasteiger partial charge >= 0.3 is 0 Å². The molecule has 0 aliphatic carbocycles. The first-order valence-corrected chi connectivity index (χ1v) is 6.07. The molecule has 1 heterocycles. The Morgan fingerprint density at radius 2 is 1.94 bits per heavy atom. The van der Waals surface area contributed by atoms with Crippen molar-refractivity contribution in [1.29, 1.82) is 0 Å². The zero-order chi connectivity index (χ0) is 13.2. The van der Waals surface area contributed by atoms with Gasteiger partial charge < -0.3 is 5.32 Å². The van der Waals surface area contributed by atoms with Crippen molar-refractivity contribution < 1.29 is 0 Å². The molecule has 0 saturated heterocycles. The number of hydrogen-bond donors (Lipinski definition) is 1. The minimum absolute atomic E-state index is 0.120. The highest BCUT2D eigenvalue weighted by Gasteiger charge is 2.20. The SMILES string of the molecule is C=CC(C)Nc1nc(C(C)(C)C)nc(Cl)c1C. The predicted octanol–water partition coefficient (Wildman–Crippen LogP) is 3.72. The summed E-state index contributed by atoms with van der Waals surface area (Å²) >= 11 is 6.13. The zero-order valence-corrected chi connectivity index (χ0v) is 11.9. The van der Waals surface area contributed by atoms with E-state index in [1.807, 2.05) is 19.9 Å². The number of halogens is 1. The van der Waals surface area contributed by atoms with Gasteiger partial charge in [0.15, 0.2) is 0 Å². The van der Waals surface area contributed by atoms with E-state index in [1.165, 1.54) is 0 Å². The van der Waals surface area contributed by atoms with Crippen molar-refractivity contribution in [2.24, 2.45) is 0 Å². The minimum Gasteiger partial charge on any atom is -0.364 e. The van der Waals surface area contributed by atoms with E-state index in [0.717, 1.165) is 17.2 Å². The molecule has 0 radical (unpaired) electrons. The monoisotopic (exact) mass is 253 g/mol. The normalized spacial score (nSPS) is 13.3. The van der Waals surface area contributed by atoms with Crippen molar-refractivity contribution in [3.8, 4) is 0 Å². The summed E-state index contributed by atoms with van der Waals surface area (Å²) in [6, 6.07) is 0.146. The van der Waals surface area contributed by atoms with E-state index < -0.39 is 0 Å². The fourth-order valence-corrected chi connectivity index (χ4v) is 1.41. The van der Waals surface area contributed by atoms with Crippen molar-refractivity contribution in [2.75, 3.05) is 5.32 Å². The average Bonchev–Trinajstić information content (AvgIpc) is 2.22. The molecule has 1 atom stereocenters. The summed E-state index contributed by atoms with van der Waals surface area (Å²) < 4.78 is 0. The van der Waals surface area contributed by atoms with Gasteiger partial charge in [-0.15, -0.1) is 6.58 Å². The maximum Gasteiger partial charge on any atom is 0.137 e. The Balaban J connectivity index is 3.20. The minimum atomic E-state index is -0.120. The highest BCUT2D eigenvalue weighted by atomic mass is 35.5. The first kappa shape index (κ1) is 14.0. The molecule has 17 heavy (non-hydrogen) atoms. The van der Waals surface area contributed by atoms with Gasteiger partial charge in [-0.25, -0.2) is 9.97 Å². The van der Waals surface area contributed by atoms with Gasteiger partial charge in [0, 0.05) is 17.0 Å². The topological polar surface area (TPSA) is 37.8 Å². The van der Waals surface area contributed by atoms with E-state index in [1.54, 1.807) is 0 Å². The van der Waals surface area contributed by atoms with Crippen molar-refractivity contribution >= 4 is 17.4 Å². The molecule has 0 aliphatic rings. The van der Waals surface area contributed by atoms with Gasteiger partial charge in [0.25, 0.3) is 0 Å². The molecule has 0 amide bonds. The smallest absolute Gasteiger partial charge is 0.137 e. The molecule has 1 aromatic heterocycles. The molecule has 4 heteroatoms. The third kappa shape index (κ3) is 3.43. The molecule has 0 bridgehead atoms. The summed E-state index contributed by atoms with van der Waals surface area (Å²) in [7, 11) is 0. The standard InChI is InChI=1S/C13H20ClN3/c1-7-8(2)15-11-9(3)10(14)16-12(17-11)13(4,5)6/h7-8H,1H2,2-6H3,(H,15,16,17). The molecule has 0 aromatic carbocycles. The molecule has 0 saturated carbocycles. The highest BCUT2D eigenvalue weighted by Crippen LogP contribution is 2.26. The van der Waals surface area contributed by atoms with Crippen LogP contribution in [0.1, 0.15) is 39.1 Å². The van der Waals surface area contributed by atoms with Gasteiger partial charge in [-0.1, -0.05) is 38.4 Å². The van der Waals surface area contributed by atoms with Gasteiger partial charge in [-0.2, -0.15) is 0 Å². The van der Waals surface area contributed by atoms with Crippen molar-refractivity contribution in [3.05, 3.63) is 29.2 Å². The lowest BCUT2D eigenvalue weighted by Gasteiger charge is -2.20. The van der Waals surface area contributed by atoms with Crippen molar-refractivity contribution in [3.63, 3.8) is 0 Å². The Labute approximate surface area is 108 Å². The maximum absolute atomic E-state index is 6.13. The number of anilines is 1. The number of rotatable bonds is 3. The fourth-order valence-electron chi connectivity index (χ4n) is 1.24. The van der Waals surface area contributed by atoms with E-state index in [9.17, 15) is 0 Å². The Morgan fingerprint density at radius 3 is 2.41 bits per heavy atom. The third-order valence-corrected chi connectivity index (χ3v) is 2.84. The largest absolute Gasteiger partial charge is 0.364 e. The summed E-state index contributed by atoms with van der Waals surface area (Å²) in [6.45, 7) is 13.9. The zero-order valence-electron chi connectivity index (χ0n) is 11.1. The van der Waals surface area contributed by atoms with Crippen LogP contribution in [0.2, 0.25) is 5.15 Å². The van der Waals surface area contributed by atoms with Crippen molar-refractivity contribution in [1.82, 2.24) is 9.97 Å². The van der Waals surface area contributed by atoms with E-state index >= 15 is 0 Å². The van der Waals surface area contributed by atoms with E-state index in [0.29, 0.717) is 5.15 Å². The molecule has 1 unspecified atom stereocenters. The average molecular weight is 254 g/mol. The lowest BCUT2D eigenvalue weighted by atomic mass is 9.95. The van der Waals surface area contributed by atoms with Crippen LogP contribution in [0.25, 0.3) is 0 Å². The molecule has 94 valence electrons. The van der Waals surface area contributed by atoms with Crippen LogP contribution in [-0.4, -0.2) is 16.0 Å². The second kappa shape index (κ2) is 5.05. The number of aromatic nitrogens is 2. The first-order valence-electron chi connectivity index (χ1n) is 5.69. The second-order valence-corrected chi connectivity index (χ2v) is 5.59. The van der Waals surface area contributed by atoms with E-state index in [4.69, 9.17) is 11.6 Å². The van der Waals surface area contributed by atoms with Crippen LogP contribution in [0, 0.1) is 6.92 Å². The van der Waals surface area contributed by atoms with Crippen LogP contribution in [0.3, 0.4) is 0 Å². The van der Waals surface area contributed by atoms with Crippen LogP contribution in [0.5, 0.6) is 0 Å². The van der Waals surface area contributed by atoms with Crippen LogP contribution < -0.4 is 5.32 Å². The van der Waals surface area contributed by atoms with Gasteiger partial charge in [0.05, 0.1) is 0 Å². The number of hydrogen-bond acceptors (Lipinski definition) is 3. The third-order valence-electron chi connectivity index (χ3n) is 2.48. The molecular formula is C13H20ClN3. The van der Waals surface area contributed by atoms with E-state index in [-0.39, 0.29) is 11.5 Å². The van der Waals surface area contributed by atoms with Gasteiger partial charge in [-0.3, -0.25) is 0 Å². The molecule has 0 aliphatic heterocycles. The quantitative estimate of drug-likeness (QED) is 0.659. The number of nitrogens with zero attached hydrogens (tertiary/aromatic N) is 2. The first-order chi connectivity index (χ1) is 7.75. The second-order valence-electron chi connectivity index (χ2n) is 5.23. The van der Waals surface area contributed by atoms with Crippen LogP contribution in [0.15, 0.2) is 12.7 Å². The lowest BCUT2D eigenvalue weighted by Crippen LogP contribution is -2.20. The summed E-state index contributed by atoms with van der Waals surface area (Å²) in [4.78, 5) is 8.86. The molecule has 0 fully saturated rings. The maximum atomic E-state index is 6.13. The summed E-state index contributed by atoms with van der Waals surface area (Å²) in [6.07, 6.45) is 1.83.